The molecular weight excluding hydrogens is 172 g/mol. The Morgan fingerprint density at radius 2 is 2.21 bits per heavy atom. The zero-order valence-corrected chi connectivity index (χ0v) is 8.90. The molecule has 2 nitrogen and oxygen atoms in total. The minimum atomic E-state index is 0.624. The van der Waals surface area contributed by atoms with Gasteiger partial charge in [0, 0.05) is 18.4 Å². The van der Waals surface area contributed by atoms with E-state index in [9.17, 15) is 0 Å². The molecule has 1 atom stereocenters. The SMILES string of the molecule is CC(C)C(Nc1cccnc1)C1CC1. The minimum absolute atomic E-state index is 0.624. The molecule has 1 saturated carbocycles. The topological polar surface area (TPSA) is 24.9 Å². The molecule has 1 N–H and O–H groups in total. The van der Waals surface area contributed by atoms with Crippen molar-refractivity contribution in [3.63, 3.8) is 0 Å². The molecule has 1 aliphatic carbocycles. The molecular formula is C12H18N2. The summed E-state index contributed by atoms with van der Waals surface area (Å²) in [5.41, 5.74) is 1.15. The third-order valence-corrected chi connectivity index (χ3v) is 2.84. The first-order chi connectivity index (χ1) is 6.77. The van der Waals surface area contributed by atoms with Crippen LogP contribution in [0, 0.1) is 11.8 Å². The fourth-order valence-corrected chi connectivity index (χ4v) is 1.92. The second-order valence-corrected chi connectivity index (χ2v) is 4.49. The van der Waals surface area contributed by atoms with Crippen LogP contribution in [-0.4, -0.2) is 11.0 Å². The van der Waals surface area contributed by atoms with Crippen molar-refractivity contribution in [3.05, 3.63) is 24.5 Å². The molecule has 0 aromatic carbocycles. The summed E-state index contributed by atoms with van der Waals surface area (Å²) in [7, 11) is 0. The second-order valence-electron chi connectivity index (χ2n) is 4.49. The van der Waals surface area contributed by atoms with Gasteiger partial charge in [-0.1, -0.05) is 13.8 Å². The summed E-state index contributed by atoms with van der Waals surface area (Å²) in [6.07, 6.45) is 6.48. The van der Waals surface area contributed by atoms with Gasteiger partial charge in [0.25, 0.3) is 0 Å². The zero-order valence-electron chi connectivity index (χ0n) is 8.90. The molecule has 0 radical (unpaired) electrons. The number of rotatable bonds is 4. The molecule has 2 heteroatoms. The molecule has 0 bridgehead atoms. The van der Waals surface area contributed by atoms with Crippen molar-refractivity contribution < 1.29 is 0 Å². The Balaban J connectivity index is 2.00. The van der Waals surface area contributed by atoms with Crippen LogP contribution in [0.3, 0.4) is 0 Å². The highest BCUT2D eigenvalue weighted by molar-refractivity contribution is 5.41. The highest BCUT2D eigenvalue weighted by Crippen LogP contribution is 2.37. The predicted molar refractivity (Wildman–Crippen MR) is 59.2 cm³/mol. The summed E-state index contributed by atoms with van der Waals surface area (Å²) >= 11 is 0. The van der Waals surface area contributed by atoms with Gasteiger partial charge in [0.2, 0.25) is 0 Å². The van der Waals surface area contributed by atoms with Crippen LogP contribution in [0.4, 0.5) is 5.69 Å². The van der Waals surface area contributed by atoms with Crippen molar-refractivity contribution in [2.75, 3.05) is 5.32 Å². The van der Waals surface area contributed by atoms with Crippen LogP contribution in [0.5, 0.6) is 0 Å². The van der Waals surface area contributed by atoms with Crippen LogP contribution in [0.25, 0.3) is 0 Å². The van der Waals surface area contributed by atoms with Crippen LogP contribution in [-0.2, 0) is 0 Å². The fraction of sp³-hybridized carbons (Fsp3) is 0.583. The standard InChI is InChI=1S/C12H18N2/c1-9(2)12(10-5-6-10)14-11-4-3-7-13-8-11/h3-4,7-10,12,14H,5-6H2,1-2H3. The Bertz CT molecular complexity index is 276. The van der Waals surface area contributed by atoms with Crippen molar-refractivity contribution in [1.82, 2.24) is 4.98 Å². The first-order valence-electron chi connectivity index (χ1n) is 5.44. The minimum Gasteiger partial charge on any atom is -0.381 e. The van der Waals surface area contributed by atoms with Gasteiger partial charge in [-0.15, -0.1) is 0 Å². The Morgan fingerprint density at radius 1 is 1.43 bits per heavy atom. The van der Waals surface area contributed by atoms with E-state index >= 15 is 0 Å². The van der Waals surface area contributed by atoms with Crippen LogP contribution in [0.1, 0.15) is 26.7 Å². The van der Waals surface area contributed by atoms with Crippen LogP contribution in [0.2, 0.25) is 0 Å². The first kappa shape index (κ1) is 9.50. The highest BCUT2D eigenvalue weighted by atomic mass is 15.0. The average Bonchev–Trinajstić information content (AvgIpc) is 2.99. The normalized spacial score (nSPS) is 18.2. The molecule has 0 aliphatic heterocycles. The molecule has 1 aromatic rings. The zero-order chi connectivity index (χ0) is 9.97. The molecule has 0 spiro atoms. The predicted octanol–water partition coefficient (Wildman–Crippen LogP) is 2.93. The summed E-state index contributed by atoms with van der Waals surface area (Å²) in [5.74, 6) is 1.58. The maximum Gasteiger partial charge on any atom is 0.0529 e. The van der Waals surface area contributed by atoms with Gasteiger partial charge in [0.15, 0.2) is 0 Å². The molecule has 1 fully saturated rings. The molecule has 0 amide bonds. The third kappa shape index (κ3) is 2.25. The number of nitrogens with one attached hydrogen (secondary N) is 1. The Morgan fingerprint density at radius 3 is 2.71 bits per heavy atom. The lowest BCUT2D eigenvalue weighted by molar-refractivity contribution is 0.476. The average molecular weight is 190 g/mol. The Kier molecular flexibility index (Phi) is 2.71. The maximum absolute atomic E-state index is 4.11. The number of aromatic nitrogens is 1. The quantitative estimate of drug-likeness (QED) is 0.789. The molecule has 2 rings (SSSR count). The van der Waals surface area contributed by atoms with E-state index in [1.165, 1.54) is 12.8 Å². The van der Waals surface area contributed by atoms with Crippen molar-refractivity contribution >= 4 is 5.69 Å². The van der Waals surface area contributed by atoms with Gasteiger partial charge in [0.1, 0.15) is 0 Å². The molecule has 0 saturated heterocycles. The van der Waals surface area contributed by atoms with Gasteiger partial charge < -0.3 is 5.32 Å². The molecule has 1 aliphatic rings. The smallest absolute Gasteiger partial charge is 0.0529 e. The van der Waals surface area contributed by atoms with Crippen molar-refractivity contribution in [2.24, 2.45) is 11.8 Å². The van der Waals surface area contributed by atoms with E-state index in [1.54, 1.807) is 0 Å². The van der Waals surface area contributed by atoms with Gasteiger partial charge in [-0.05, 0) is 36.8 Å². The maximum atomic E-state index is 4.11. The van der Waals surface area contributed by atoms with Crippen molar-refractivity contribution in [2.45, 2.75) is 32.7 Å². The lowest BCUT2D eigenvalue weighted by Gasteiger charge is -2.22. The summed E-state index contributed by atoms with van der Waals surface area (Å²) in [4.78, 5) is 4.11. The van der Waals surface area contributed by atoms with E-state index in [-0.39, 0.29) is 0 Å². The molecule has 1 heterocycles. The Labute approximate surface area is 85.7 Å². The third-order valence-electron chi connectivity index (χ3n) is 2.84. The number of hydrogen-bond donors (Lipinski definition) is 1. The number of pyridine rings is 1. The second kappa shape index (κ2) is 3.99. The first-order valence-corrected chi connectivity index (χ1v) is 5.44. The largest absolute Gasteiger partial charge is 0.381 e. The van der Waals surface area contributed by atoms with E-state index in [0.29, 0.717) is 12.0 Å². The van der Waals surface area contributed by atoms with E-state index < -0.39 is 0 Å². The van der Waals surface area contributed by atoms with Gasteiger partial charge >= 0.3 is 0 Å². The monoisotopic (exact) mass is 190 g/mol. The summed E-state index contributed by atoms with van der Waals surface area (Å²) < 4.78 is 0. The molecule has 14 heavy (non-hydrogen) atoms. The van der Waals surface area contributed by atoms with E-state index in [0.717, 1.165) is 11.6 Å². The number of hydrogen-bond acceptors (Lipinski definition) is 2. The van der Waals surface area contributed by atoms with Gasteiger partial charge in [0.05, 0.1) is 5.69 Å². The summed E-state index contributed by atoms with van der Waals surface area (Å²) in [6.45, 7) is 4.57. The number of anilines is 1. The molecule has 1 aromatic heterocycles. The van der Waals surface area contributed by atoms with E-state index in [4.69, 9.17) is 0 Å². The van der Waals surface area contributed by atoms with E-state index in [2.05, 4.69) is 30.2 Å². The molecule has 76 valence electrons. The van der Waals surface area contributed by atoms with Crippen LogP contribution < -0.4 is 5.32 Å². The molecule has 1 unspecified atom stereocenters. The van der Waals surface area contributed by atoms with Crippen LogP contribution in [0.15, 0.2) is 24.5 Å². The highest BCUT2D eigenvalue weighted by Gasteiger charge is 2.32. The van der Waals surface area contributed by atoms with E-state index in [1.807, 2.05) is 18.5 Å². The van der Waals surface area contributed by atoms with Gasteiger partial charge in [-0.25, -0.2) is 0 Å². The van der Waals surface area contributed by atoms with Crippen molar-refractivity contribution in [3.8, 4) is 0 Å². The fourth-order valence-electron chi connectivity index (χ4n) is 1.92. The summed E-state index contributed by atoms with van der Waals surface area (Å²) in [5, 5.41) is 3.58. The van der Waals surface area contributed by atoms with Crippen molar-refractivity contribution in [1.29, 1.82) is 0 Å². The van der Waals surface area contributed by atoms with Gasteiger partial charge in [-0.2, -0.15) is 0 Å². The lowest BCUT2D eigenvalue weighted by atomic mass is 9.99. The lowest BCUT2D eigenvalue weighted by Crippen LogP contribution is -2.27. The number of nitrogens with zero attached hydrogens (tertiary/aromatic N) is 1. The summed E-state index contributed by atoms with van der Waals surface area (Å²) in [6, 6.07) is 4.69. The Hall–Kier alpha value is -1.05. The van der Waals surface area contributed by atoms with Crippen LogP contribution >= 0.6 is 0 Å². The van der Waals surface area contributed by atoms with Gasteiger partial charge in [-0.3, -0.25) is 4.98 Å².